The second kappa shape index (κ2) is 5.75. The van der Waals surface area contributed by atoms with Gasteiger partial charge >= 0.3 is 12.0 Å². The highest BCUT2D eigenvalue weighted by molar-refractivity contribution is 5.84. The molecule has 7 heteroatoms. The van der Waals surface area contributed by atoms with E-state index < -0.39 is 5.97 Å². The van der Waals surface area contributed by atoms with E-state index in [4.69, 9.17) is 9.52 Å². The Hall–Kier alpha value is -2.05. The highest BCUT2D eigenvalue weighted by Crippen LogP contribution is 2.28. The number of carboxylic acid groups (broad SMARTS) is 1. The highest BCUT2D eigenvalue weighted by Gasteiger charge is 2.37. The normalized spacial score (nSPS) is 20.0. The molecule has 0 unspecified atom stereocenters. The van der Waals surface area contributed by atoms with Gasteiger partial charge < -0.3 is 19.3 Å². The number of likely N-dealkylation sites (tertiary alicyclic amines) is 2. The first-order chi connectivity index (χ1) is 10.1. The Kier molecular flexibility index (Phi) is 3.81. The second-order valence-corrected chi connectivity index (χ2v) is 5.66. The largest absolute Gasteiger partial charge is 0.476 e. The van der Waals surface area contributed by atoms with Crippen molar-refractivity contribution >= 4 is 12.0 Å². The number of aromatic nitrogens is 1. The van der Waals surface area contributed by atoms with Crippen molar-refractivity contribution in [2.75, 3.05) is 26.2 Å². The maximum atomic E-state index is 12.3. The molecular weight excluding hydrogens is 274 g/mol. The molecule has 2 saturated heterocycles. The minimum atomic E-state index is -1.10. The molecule has 0 radical (unpaired) electrons. The molecule has 0 aromatic carbocycles. The van der Waals surface area contributed by atoms with Crippen molar-refractivity contribution in [3.63, 3.8) is 0 Å². The summed E-state index contributed by atoms with van der Waals surface area (Å²) >= 11 is 0. The van der Waals surface area contributed by atoms with Crippen LogP contribution in [0.15, 0.2) is 10.7 Å². The molecule has 1 N–H and O–H groups in total. The minimum absolute atomic E-state index is 0.00836. The van der Waals surface area contributed by atoms with Gasteiger partial charge in [0.15, 0.2) is 5.69 Å². The van der Waals surface area contributed by atoms with Crippen LogP contribution in [0.25, 0.3) is 0 Å². The van der Waals surface area contributed by atoms with E-state index in [2.05, 4.69) is 4.98 Å². The van der Waals surface area contributed by atoms with Crippen LogP contribution >= 0.6 is 0 Å². The number of aromatic carboxylic acids is 1. The topological polar surface area (TPSA) is 86.9 Å². The lowest BCUT2D eigenvalue weighted by molar-refractivity contribution is 0.0690. The van der Waals surface area contributed by atoms with Gasteiger partial charge in [-0.05, 0) is 12.8 Å². The van der Waals surface area contributed by atoms with E-state index in [0.717, 1.165) is 32.2 Å². The van der Waals surface area contributed by atoms with Crippen LogP contribution < -0.4 is 0 Å². The fourth-order valence-corrected chi connectivity index (χ4v) is 2.83. The quantitative estimate of drug-likeness (QED) is 0.898. The smallest absolute Gasteiger partial charge is 0.357 e. The van der Waals surface area contributed by atoms with E-state index in [0.29, 0.717) is 19.0 Å². The monoisotopic (exact) mass is 293 g/mol. The number of carbonyl (C=O) groups excluding carboxylic acids is 1. The summed E-state index contributed by atoms with van der Waals surface area (Å²) in [7, 11) is 0. The van der Waals surface area contributed by atoms with Crippen LogP contribution in [0.4, 0.5) is 4.79 Å². The number of oxazole rings is 1. The zero-order valence-electron chi connectivity index (χ0n) is 11.8. The van der Waals surface area contributed by atoms with Crippen LogP contribution in [0.3, 0.4) is 0 Å². The van der Waals surface area contributed by atoms with Gasteiger partial charge in [0, 0.05) is 26.2 Å². The first-order valence-corrected chi connectivity index (χ1v) is 7.37. The average molecular weight is 293 g/mol. The number of hydrogen-bond acceptors (Lipinski definition) is 4. The van der Waals surface area contributed by atoms with Crippen LogP contribution in [-0.2, 0) is 0 Å². The van der Waals surface area contributed by atoms with Crippen molar-refractivity contribution in [3.8, 4) is 0 Å². The van der Waals surface area contributed by atoms with Crippen LogP contribution in [0.1, 0.15) is 48.0 Å². The fraction of sp³-hybridized carbons (Fsp3) is 0.643. The highest BCUT2D eigenvalue weighted by atomic mass is 16.4. The molecule has 2 aliphatic rings. The Morgan fingerprint density at radius 1 is 1.14 bits per heavy atom. The van der Waals surface area contributed by atoms with Crippen LogP contribution in [-0.4, -0.2) is 58.1 Å². The van der Waals surface area contributed by atoms with Gasteiger partial charge in [-0.25, -0.2) is 14.6 Å². The van der Waals surface area contributed by atoms with Gasteiger partial charge in [0.2, 0.25) is 5.89 Å². The van der Waals surface area contributed by atoms with Gasteiger partial charge in [0.1, 0.15) is 6.26 Å². The summed E-state index contributed by atoms with van der Waals surface area (Å²) in [5.74, 6) is -0.678. The van der Waals surface area contributed by atoms with Crippen molar-refractivity contribution in [2.24, 2.45) is 0 Å². The molecule has 7 nitrogen and oxygen atoms in total. The first-order valence-electron chi connectivity index (χ1n) is 7.37. The van der Waals surface area contributed by atoms with Gasteiger partial charge in [-0.1, -0.05) is 12.8 Å². The van der Waals surface area contributed by atoms with Crippen molar-refractivity contribution in [3.05, 3.63) is 17.8 Å². The SMILES string of the molecule is O=C(O)c1coc(C2CN(C(=O)N3CCCCCC3)C2)n1. The Bertz CT molecular complexity index is 528. The van der Waals surface area contributed by atoms with E-state index in [-0.39, 0.29) is 17.6 Å². The minimum Gasteiger partial charge on any atom is -0.476 e. The van der Waals surface area contributed by atoms with Crippen LogP contribution in [0.5, 0.6) is 0 Å². The van der Waals surface area contributed by atoms with Crippen LogP contribution in [0, 0.1) is 0 Å². The third-order valence-corrected chi connectivity index (χ3v) is 4.12. The molecule has 0 bridgehead atoms. The number of carbonyl (C=O) groups is 2. The van der Waals surface area contributed by atoms with E-state index in [1.165, 1.54) is 12.8 Å². The molecule has 0 saturated carbocycles. The maximum Gasteiger partial charge on any atom is 0.357 e. The molecule has 114 valence electrons. The third kappa shape index (κ3) is 2.86. The maximum absolute atomic E-state index is 12.3. The number of urea groups is 1. The third-order valence-electron chi connectivity index (χ3n) is 4.12. The predicted molar refractivity (Wildman–Crippen MR) is 73.2 cm³/mol. The Morgan fingerprint density at radius 3 is 2.38 bits per heavy atom. The van der Waals surface area contributed by atoms with Crippen molar-refractivity contribution in [1.29, 1.82) is 0 Å². The molecule has 0 aliphatic carbocycles. The zero-order chi connectivity index (χ0) is 14.8. The summed E-state index contributed by atoms with van der Waals surface area (Å²) in [6.45, 7) is 2.77. The summed E-state index contributed by atoms with van der Waals surface area (Å²) in [6.07, 6.45) is 5.69. The molecule has 0 spiro atoms. The van der Waals surface area contributed by atoms with E-state index >= 15 is 0 Å². The second-order valence-electron chi connectivity index (χ2n) is 5.66. The van der Waals surface area contributed by atoms with Gasteiger partial charge in [0.05, 0.1) is 5.92 Å². The molecule has 1 aromatic rings. The first kappa shape index (κ1) is 13.9. The Morgan fingerprint density at radius 2 is 1.81 bits per heavy atom. The average Bonchev–Trinajstić information content (AvgIpc) is 2.72. The van der Waals surface area contributed by atoms with Gasteiger partial charge in [-0.3, -0.25) is 0 Å². The molecular formula is C14H19N3O4. The summed E-state index contributed by atoms with van der Waals surface area (Å²) in [6, 6.07) is 0.0816. The van der Waals surface area contributed by atoms with Gasteiger partial charge in [-0.2, -0.15) is 0 Å². The summed E-state index contributed by atoms with van der Waals surface area (Å²) < 4.78 is 5.18. The van der Waals surface area contributed by atoms with Gasteiger partial charge in [0.25, 0.3) is 0 Å². The van der Waals surface area contributed by atoms with E-state index in [1.807, 2.05) is 4.90 Å². The lowest BCUT2D eigenvalue weighted by Gasteiger charge is -2.40. The Labute approximate surface area is 122 Å². The van der Waals surface area contributed by atoms with Crippen LogP contribution in [0.2, 0.25) is 0 Å². The lowest BCUT2D eigenvalue weighted by Crippen LogP contribution is -2.54. The number of nitrogens with zero attached hydrogens (tertiary/aromatic N) is 3. The van der Waals surface area contributed by atoms with Gasteiger partial charge in [-0.15, -0.1) is 0 Å². The summed E-state index contributed by atoms with van der Waals surface area (Å²) in [5, 5.41) is 8.81. The number of amides is 2. The molecule has 3 rings (SSSR count). The number of rotatable bonds is 2. The van der Waals surface area contributed by atoms with Crippen molar-refractivity contribution in [1.82, 2.24) is 14.8 Å². The predicted octanol–water partition coefficient (Wildman–Crippen LogP) is 1.77. The zero-order valence-corrected chi connectivity index (χ0v) is 11.8. The molecule has 0 atom stereocenters. The fourth-order valence-electron chi connectivity index (χ4n) is 2.83. The molecule has 3 heterocycles. The molecule has 2 amide bonds. The standard InChI is InChI=1S/C14H19N3O4/c18-13(19)11-9-21-12(15-11)10-7-17(8-10)14(20)16-5-3-1-2-4-6-16/h9-10H,1-8H2,(H,18,19). The molecule has 2 aliphatic heterocycles. The molecule has 2 fully saturated rings. The van der Waals surface area contributed by atoms with Crippen molar-refractivity contribution in [2.45, 2.75) is 31.6 Å². The summed E-state index contributed by atoms with van der Waals surface area (Å²) in [4.78, 5) is 30.7. The molecule has 21 heavy (non-hydrogen) atoms. The molecule has 1 aromatic heterocycles. The lowest BCUT2D eigenvalue weighted by atomic mass is 10.0. The number of hydrogen-bond donors (Lipinski definition) is 1. The Balaban J connectivity index is 1.54. The van der Waals surface area contributed by atoms with Crippen molar-refractivity contribution < 1.29 is 19.1 Å². The van der Waals surface area contributed by atoms with E-state index in [9.17, 15) is 9.59 Å². The number of carboxylic acids is 1. The summed E-state index contributed by atoms with van der Waals surface area (Å²) in [5.41, 5.74) is -0.0812. The van der Waals surface area contributed by atoms with E-state index in [1.54, 1.807) is 4.90 Å².